The average Bonchev–Trinajstić information content (AvgIpc) is 2.88. The number of hydrogen-bond acceptors (Lipinski definition) is 3. The van der Waals surface area contributed by atoms with Crippen molar-refractivity contribution in [1.82, 2.24) is 20.2 Å². The van der Waals surface area contributed by atoms with Gasteiger partial charge in [0.2, 0.25) is 5.91 Å². The molecule has 2 N–H and O–H groups in total. The minimum Gasteiger partial charge on any atom is -0.355 e. The molecule has 0 radical (unpaired) electrons. The molecule has 1 aliphatic rings. The quantitative estimate of drug-likeness (QED) is 0.754. The topological polar surface area (TPSA) is 76.0 Å². The van der Waals surface area contributed by atoms with Gasteiger partial charge in [0.1, 0.15) is 17.6 Å². The molecule has 1 aromatic heterocycles. The summed E-state index contributed by atoms with van der Waals surface area (Å²) in [6.07, 6.45) is 3.47. The Morgan fingerprint density at radius 2 is 1.90 bits per heavy atom. The van der Waals surface area contributed by atoms with Crippen LogP contribution in [0.15, 0.2) is 18.2 Å². The highest BCUT2D eigenvalue weighted by Gasteiger charge is 2.34. The van der Waals surface area contributed by atoms with Gasteiger partial charge in [-0.15, -0.1) is 0 Å². The van der Waals surface area contributed by atoms with Gasteiger partial charge in [-0.2, -0.15) is 0 Å². The van der Waals surface area contributed by atoms with Crippen LogP contribution in [-0.2, 0) is 17.8 Å². The molecule has 0 aliphatic carbocycles. The van der Waals surface area contributed by atoms with E-state index < -0.39 is 29.0 Å². The fourth-order valence-corrected chi connectivity index (χ4v) is 3.91. The number of nitrogens with zero attached hydrogens (tertiary/aromatic N) is 2. The average molecular weight is 433 g/mol. The molecule has 168 valence electrons. The number of carbonyl (C=O) groups excluding carboxylic acids is 2. The Labute approximate surface area is 181 Å². The zero-order valence-electron chi connectivity index (χ0n) is 18.5. The van der Waals surface area contributed by atoms with Crippen molar-refractivity contribution in [2.75, 3.05) is 6.54 Å². The summed E-state index contributed by atoms with van der Waals surface area (Å²) in [5.74, 6) is -2.15. The summed E-state index contributed by atoms with van der Waals surface area (Å²) in [6.45, 7) is 8.57. The molecule has 2 amide bonds. The molecule has 3 rings (SSSR count). The number of benzene rings is 1. The zero-order chi connectivity index (χ0) is 22.8. The second-order valence-corrected chi connectivity index (χ2v) is 8.99. The molecule has 0 saturated heterocycles. The number of imidazole rings is 1. The van der Waals surface area contributed by atoms with E-state index in [4.69, 9.17) is 0 Å². The summed E-state index contributed by atoms with van der Waals surface area (Å²) in [7, 11) is 0. The van der Waals surface area contributed by atoms with E-state index in [0.29, 0.717) is 30.9 Å². The molecular weight excluding hydrogens is 402 g/mol. The monoisotopic (exact) mass is 432 g/mol. The summed E-state index contributed by atoms with van der Waals surface area (Å²) in [5, 5.41) is 5.62. The normalized spacial score (nSPS) is 15.0. The molecule has 0 saturated carbocycles. The summed E-state index contributed by atoms with van der Waals surface area (Å²) in [4.78, 5) is 30.4. The van der Waals surface area contributed by atoms with Gasteiger partial charge in [-0.05, 0) is 49.8 Å². The smallest absolute Gasteiger partial charge is 0.272 e. The minimum atomic E-state index is -0.960. The van der Waals surface area contributed by atoms with E-state index in [9.17, 15) is 18.4 Å². The predicted molar refractivity (Wildman–Crippen MR) is 115 cm³/mol. The van der Waals surface area contributed by atoms with Crippen LogP contribution in [0.4, 0.5) is 8.78 Å². The Kier molecular flexibility index (Phi) is 6.77. The van der Waals surface area contributed by atoms with Crippen molar-refractivity contribution in [2.24, 2.45) is 5.41 Å². The first-order valence-electron chi connectivity index (χ1n) is 10.8. The Hall–Kier alpha value is -2.77. The third-order valence-corrected chi connectivity index (χ3v) is 5.52. The highest BCUT2D eigenvalue weighted by Crippen LogP contribution is 2.29. The third kappa shape index (κ3) is 4.94. The first-order chi connectivity index (χ1) is 14.6. The van der Waals surface area contributed by atoms with E-state index in [1.807, 2.05) is 32.3 Å². The summed E-state index contributed by atoms with van der Waals surface area (Å²) in [5.41, 5.74) is 0.907. The van der Waals surface area contributed by atoms with Gasteiger partial charge in [-0.25, -0.2) is 13.8 Å². The van der Waals surface area contributed by atoms with Crippen molar-refractivity contribution in [3.05, 3.63) is 41.2 Å². The summed E-state index contributed by atoms with van der Waals surface area (Å²) >= 11 is 0. The van der Waals surface area contributed by atoms with Gasteiger partial charge in [0.15, 0.2) is 11.6 Å². The maximum atomic E-state index is 13.9. The lowest BCUT2D eigenvalue weighted by Gasteiger charge is -2.30. The van der Waals surface area contributed by atoms with Crippen LogP contribution in [-0.4, -0.2) is 34.0 Å². The number of nitrogens with one attached hydrogen (secondary N) is 2. The van der Waals surface area contributed by atoms with E-state index in [-0.39, 0.29) is 11.6 Å². The standard InChI is InChI=1S/C23H30F2N4O2/c1-5-26-22(31)19(23(2,3)4)28-21(30)18-17-9-7-6-8-12-29(17)20(27-18)14-10-11-15(24)16(25)13-14/h10-11,13,19H,5-9,12H2,1-4H3,(H,26,31)(H,28,30)/t19-/m1/s1. The molecular formula is C23H30F2N4O2. The number of halogens is 2. The Balaban J connectivity index is 2.02. The van der Waals surface area contributed by atoms with Gasteiger partial charge < -0.3 is 15.2 Å². The van der Waals surface area contributed by atoms with E-state index in [2.05, 4.69) is 15.6 Å². The molecule has 2 heterocycles. The summed E-state index contributed by atoms with van der Waals surface area (Å²) < 4.78 is 29.2. The van der Waals surface area contributed by atoms with Gasteiger partial charge >= 0.3 is 0 Å². The number of hydrogen-bond donors (Lipinski definition) is 2. The van der Waals surface area contributed by atoms with Crippen molar-refractivity contribution in [1.29, 1.82) is 0 Å². The van der Waals surface area contributed by atoms with Crippen LogP contribution in [0.5, 0.6) is 0 Å². The molecule has 0 unspecified atom stereocenters. The van der Waals surface area contributed by atoms with E-state index in [1.165, 1.54) is 6.07 Å². The van der Waals surface area contributed by atoms with Crippen molar-refractivity contribution in [2.45, 2.75) is 66.0 Å². The lowest BCUT2D eigenvalue weighted by molar-refractivity contribution is -0.125. The van der Waals surface area contributed by atoms with Gasteiger partial charge in [-0.1, -0.05) is 27.2 Å². The van der Waals surface area contributed by atoms with Crippen LogP contribution < -0.4 is 10.6 Å². The number of amides is 2. The van der Waals surface area contributed by atoms with Crippen molar-refractivity contribution < 1.29 is 18.4 Å². The van der Waals surface area contributed by atoms with Crippen molar-refractivity contribution in [3.63, 3.8) is 0 Å². The zero-order valence-corrected chi connectivity index (χ0v) is 18.5. The van der Waals surface area contributed by atoms with Gasteiger partial charge in [-0.3, -0.25) is 9.59 Å². The Morgan fingerprint density at radius 1 is 1.16 bits per heavy atom. The number of fused-ring (bicyclic) bond motifs is 1. The van der Waals surface area contributed by atoms with E-state index in [0.717, 1.165) is 37.1 Å². The van der Waals surface area contributed by atoms with Gasteiger partial charge in [0.05, 0.1) is 5.69 Å². The number of likely N-dealkylation sites (N-methyl/N-ethyl adjacent to an activating group) is 1. The van der Waals surface area contributed by atoms with Crippen LogP contribution in [0.2, 0.25) is 0 Å². The van der Waals surface area contributed by atoms with E-state index in [1.54, 1.807) is 0 Å². The second-order valence-electron chi connectivity index (χ2n) is 8.99. The molecule has 6 nitrogen and oxygen atoms in total. The van der Waals surface area contributed by atoms with Crippen LogP contribution in [0.1, 0.15) is 63.1 Å². The first-order valence-corrected chi connectivity index (χ1v) is 10.8. The molecule has 1 aromatic carbocycles. The van der Waals surface area contributed by atoms with Crippen LogP contribution in [0.3, 0.4) is 0 Å². The van der Waals surface area contributed by atoms with E-state index >= 15 is 0 Å². The fourth-order valence-electron chi connectivity index (χ4n) is 3.91. The highest BCUT2D eigenvalue weighted by molar-refractivity contribution is 5.98. The molecule has 1 aliphatic heterocycles. The molecule has 0 fully saturated rings. The molecule has 0 bridgehead atoms. The largest absolute Gasteiger partial charge is 0.355 e. The predicted octanol–water partition coefficient (Wildman–Crippen LogP) is 3.84. The summed E-state index contributed by atoms with van der Waals surface area (Å²) in [6, 6.07) is 2.89. The third-order valence-electron chi connectivity index (χ3n) is 5.52. The second kappa shape index (κ2) is 9.16. The molecule has 31 heavy (non-hydrogen) atoms. The molecule has 2 aromatic rings. The maximum Gasteiger partial charge on any atom is 0.272 e. The number of rotatable bonds is 5. The molecule has 8 heteroatoms. The van der Waals surface area contributed by atoms with Crippen molar-refractivity contribution >= 4 is 11.8 Å². The lowest BCUT2D eigenvalue weighted by Crippen LogP contribution is -2.53. The van der Waals surface area contributed by atoms with Gasteiger partial charge in [0.25, 0.3) is 5.91 Å². The van der Waals surface area contributed by atoms with Crippen LogP contribution in [0.25, 0.3) is 11.4 Å². The number of carbonyl (C=O) groups is 2. The van der Waals surface area contributed by atoms with Gasteiger partial charge in [0, 0.05) is 18.7 Å². The number of aromatic nitrogens is 2. The molecule has 1 atom stereocenters. The fraction of sp³-hybridized carbons (Fsp3) is 0.522. The molecule has 0 spiro atoms. The van der Waals surface area contributed by atoms with Crippen LogP contribution in [0, 0.1) is 17.0 Å². The minimum absolute atomic E-state index is 0.236. The van der Waals surface area contributed by atoms with Crippen molar-refractivity contribution in [3.8, 4) is 11.4 Å². The maximum absolute atomic E-state index is 13.9. The highest BCUT2D eigenvalue weighted by atomic mass is 19.2. The SMILES string of the molecule is CCNC(=O)[C@@H](NC(=O)c1nc(-c2ccc(F)c(F)c2)n2c1CCCCC2)C(C)(C)C. The van der Waals surface area contributed by atoms with Crippen LogP contribution >= 0.6 is 0 Å². The first kappa shape index (κ1) is 22.9. The Morgan fingerprint density at radius 3 is 2.55 bits per heavy atom. The Bertz CT molecular complexity index is 979. The lowest BCUT2D eigenvalue weighted by atomic mass is 9.86.